The maximum Gasteiger partial charge on any atom is 0.309 e. The van der Waals surface area contributed by atoms with Gasteiger partial charge in [-0.2, -0.15) is 0 Å². The molecule has 0 aromatic carbocycles. The van der Waals surface area contributed by atoms with E-state index in [1.165, 1.54) is 64.2 Å². The van der Waals surface area contributed by atoms with Gasteiger partial charge >= 0.3 is 11.9 Å². The predicted octanol–water partition coefficient (Wildman–Crippen LogP) is 7.38. The lowest BCUT2D eigenvalue weighted by molar-refractivity contribution is -0.158. The summed E-state index contributed by atoms with van der Waals surface area (Å²) in [6.07, 6.45) is 20.5. The van der Waals surface area contributed by atoms with Crippen LogP contribution in [0.4, 0.5) is 0 Å². The molecule has 4 heteroatoms. The number of esters is 2. The summed E-state index contributed by atoms with van der Waals surface area (Å²) in [5, 5.41) is 0. The van der Waals surface area contributed by atoms with Crippen molar-refractivity contribution in [1.29, 1.82) is 0 Å². The van der Waals surface area contributed by atoms with E-state index in [0.29, 0.717) is 17.3 Å². The SMILES string of the molecule is CC(C)(C1CCC(OC(=O)C2CCCCC2)CC1)C1CCC(OC(=O)C2CCCCC2)CC1. The molecule has 0 heterocycles. The zero-order chi connectivity index (χ0) is 23.3. The summed E-state index contributed by atoms with van der Waals surface area (Å²) >= 11 is 0. The second-order valence-corrected chi connectivity index (χ2v) is 12.3. The first-order valence-corrected chi connectivity index (χ1v) is 14.3. The number of ether oxygens (including phenoxy) is 2. The Morgan fingerprint density at radius 3 is 1.18 bits per heavy atom. The van der Waals surface area contributed by atoms with Gasteiger partial charge in [-0.15, -0.1) is 0 Å². The van der Waals surface area contributed by atoms with Gasteiger partial charge in [-0.25, -0.2) is 0 Å². The first-order chi connectivity index (χ1) is 15.9. The van der Waals surface area contributed by atoms with Crippen molar-refractivity contribution in [3.63, 3.8) is 0 Å². The highest BCUT2D eigenvalue weighted by Crippen LogP contribution is 2.49. The highest BCUT2D eigenvalue weighted by atomic mass is 16.5. The average molecular weight is 461 g/mol. The molecule has 4 aliphatic carbocycles. The fourth-order valence-electron chi connectivity index (χ4n) is 7.38. The van der Waals surface area contributed by atoms with Crippen LogP contribution in [-0.2, 0) is 19.1 Å². The quantitative estimate of drug-likeness (QED) is 0.388. The van der Waals surface area contributed by atoms with E-state index < -0.39 is 0 Å². The van der Waals surface area contributed by atoms with Gasteiger partial charge in [-0.1, -0.05) is 52.4 Å². The molecule has 0 amide bonds. The third kappa shape index (κ3) is 6.54. The van der Waals surface area contributed by atoms with E-state index in [-0.39, 0.29) is 36.0 Å². The lowest BCUT2D eigenvalue weighted by atomic mass is 9.60. The van der Waals surface area contributed by atoms with Crippen molar-refractivity contribution in [3.8, 4) is 0 Å². The Balaban J connectivity index is 1.18. The van der Waals surface area contributed by atoms with Crippen molar-refractivity contribution < 1.29 is 19.1 Å². The van der Waals surface area contributed by atoms with Crippen molar-refractivity contribution in [3.05, 3.63) is 0 Å². The van der Waals surface area contributed by atoms with Gasteiger partial charge in [-0.05, 0) is 94.3 Å². The molecule has 0 radical (unpaired) electrons. The largest absolute Gasteiger partial charge is 0.462 e. The van der Waals surface area contributed by atoms with Crippen molar-refractivity contribution in [1.82, 2.24) is 0 Å². The number of carbonyl (C=O) groups excluding carboxylic acids is 2. The molecule has 0 spiro atoms. The second kappa shape index (κ2) is 11.6. The van der Waals surface area contributed by atoms with Crippen molar-refractivity contribution in [2.45, 2.75) is 142 Å². The molecule has 188 valence electrons. The van der Waals surface area contributed by atoms with Gasteiger partial charge in [0.2, 0.25) is 0 Å². The normalized spacial score (nSPS) is 32.8. The molecule has 0 unspecified atom stereocenters. The Bertz CT molecular complexity index is 574. The number of rotatable bonds is 6. The Morgan fingerprint density at radius 1 is 0.515 bits per heavy atom. The maximum absolute atomic E-state index is 12.5. The van der Waals surface area contributed by atoms with Crippen LogP contribution in [0.25, 0.3) is 0 Å². The third-order valence-corrected chi connectivity index (χ3v) is 9.90. The van der Waals surface area contributed by atoms with Crippen LogP contribution in [0.5, 0.6) is 0 Å². The first kappa shape index (κ1) is 25.0. The molecule has 4 saturated carbocycles. The monoisotopic (exact) mass is 460 g/mol. The van der Waals surface area contributed by atoms with Crippen LogP contribution in [0.2, 0.25) is 0 Å². The van der Waals surface area contributed by atoms with Crippen molar-refractivity contribution >= 4 is 11.9 Å². The number of carbonyl (C=O) groups is 2. The summed E-state index contributed by atoms with van der Waals surface area (Å²) in [4.78, 5) is 25.1. The van der Waals surface area contributed by atoms with Crippen LogP contribution in [0.3, 0.4) is 0 Å². The third-order valence-electron chi connectivity index (χ3n) is 9.90. The lowest BCUT2D eigenvalue weighted by Gasteiger charge is -2.46. The van der Waals surface area contributed by atoms with Crippen LogP contribution in [0.1, 0.15) is 129 Å². The number of hydrogen-bond acceptors (Lipinski definition) is 4. The summed E-state index contributed by atoms with van der Waals surface area (Å²) in [5.41, 5.74) is 0.302. The summed E-state index contributed by atoms with van der Waals surface area (Å²) in [5.74, 6) is 1.89. The van der Waals surface area contributed by atoms with E-state index in [1.807, 2.05) is 0 Å². The zero-order valence-corrected chi connectivity index (χ0v) is 21.3. The highest BCUT2D eigenvalue weighted by Gasteiger charge is 2.42. The minimum atomic E-state index is 0.0820. The van der Waals surface area contributed by atoms with Crippen molar-refractivity contribution in [2.75, 3.05) is 0 Å². The standard InChI is InChI=1S/C29H48O4/c1-29(2,23-13-17-25(18-14-23)32-27(30)21-9-5-3-6-10-21)24-15-19-26(20-16-24)33-28(31)22-11-7-4-8-12-22/h21-26H,3-20H2,1-2H3. The van der Waals surface area contributed by atoms with E-state index in [4.69, 9.17) is 9.47 Å². The molecule has 0 aromatic heterocycles. The van der Waals surface area contributed by atoms with Crippen LogP contribution in [0.15, 0.2) is 0 Å². The molecular formula is C29H48O4. The first-order valence-electron chi connectivity index (χ1n) is 14.3. The Kier molecular flexibility index (Phi) is 8.79. The molecule has 0 N–H and O–H groups in total. The van der Waals surface area contributed by atoms with Crippen LogP contribution in [-0.4, -0.2) is 24.1 Å². The minimum Gasteiger partial charge on any atom is -0.462 e. The maximum atomic E-state index is 12.5. The van der Waals surface area contributed by atoms with E-state index in [9.17, 15) is 9.59 Å². The molecule has 4 nitrogen and oxygen atoms in total. The van der Waals surface area contributed by atoms with Crippen LogP contribution >= 0.6 is 0 Å². The van der Waals surface area contributed by atoms with Crippen LogP contribution in [0, 0.1) is 29.1 Å². The minimum absolute atomic E-state index is 0.0820. The average Bonchev–Trinajstić information content (AvgIpc) is 2.86. The fourth-order valence-corrected chi connectivity index (χ4v) is 7.38. The number of hydrogen-bond donors (Lipinski definition) is 0. The van der Waals surface area contributed by atoms with E-state index in [0.717, 1.165) is 51.4 Å². The Labute approximate surface area is 201 Å². The molecule has 33 heavy (non-hydrogen) atoms. The Hall–Kier alpha value is -1.06. The summed E-state index contributed by atoms with van der Waals surface area (Å²) in [6.45, 7) is 4.93. The Morgan fingerprint density at radius 2 is 0.848 bits per heavy atom. The lowest BCUT2D eigenvalue weighted by Crippen LogP contribution is -2.40. The topological polar surface area (TPSA) is 52.6 Å². The predicted molar refractivity (Wildman–Crippen MR) is 131 cm³/mol. The molecule has 0 saturated heterocycles. The molecule has 0 bridgehead atoms. The van der Waals surface area contributed by atoms with Crippen molar-refractivity contribution in [2.24, 2.45) is 29.1 Å². The van der Waals surface area contributed by atoms with E-state index >= 15 is 0 Å². The molecule has 0 atom stereocenters. The smallest absolute Gasteiger partial charge is 0.309 e. The van der Waals surface area contributed by atoms with Gasteiger partial charge in [0.1, 0.15) is 12.2 Å². The molecule has 4 aliphatic rings. The second-order valence-electron chi connectivity index (χ2n) is 12.3. The highest BCUT2D eigenvalue weighted by molar-refractivity contribution is 5.73. The molecule has 0 aliphatic heterocycles. The summed E-state index contributed by atoms with van der Waals surface area (Å²) in [6, 6.07) is 0. The van der Waals surface area contributed by atoms with Gasteiger partial charge < -0.3 is 9.47 Å². The molecular weight excluding hydrogens is 412 g/mol. The van der Waals surface area contributed by atoms with Crippen LogP contribution < -0.4 is 0 Å². The summed E-state index contributed by atoms with van der Waals surface area (Å²) in [7, 11) is 0. The van der Waals surface area contributed by atoms with E-state index in [1.54, 1.807) is 0 Å². The van der Waals surface area contributed by atoms with E-state index in [2.05, 4.69) is 13.8 Å². The van der Waals surface area contributed by atoms with Gasteiger partial charge in [-0.3, -0.25) is 9.59 Å². The van der Waals surface area contributed by atoms with Gasteiger partial charge in [0.25, 0.3) is 0 Å². The van der Waals surface area contributed by atoms with Gasteiger partial charge in [0.05, 0.1) is 11.8 Å². The van der Waals surface area contributed by atoms with Gasteiger partial charge in [0.15, 0.2) is 0 Å². The fraction of sp³-hybridized carbons (Fsp3) is 0.931. The van der Waals surface area contributed by atoms with Gasteiger partial charge in [0, 0.05) is 0 Å². The molecule has 0 aromatic rings. The molecule has 4 fully saturated rings. The zero-order valence-electron chi connectivity index (χ0n) is 21.3. The molecule has 4 rings (SSSR count). The summed E-state index contributed by atoms with van der Waals surface area (Å²) < 4.78 is 11.9.